The van der Waals surface area contributed by atoms with Gasteiger partial charge in [-0.1, -0.05) is 37.5 Å². The molecule has 2 N–H and O–H groups in total. The molecule has 1 fully saturated rings. The molecule has 0 saturated heterocycles. The number of ether oxygens (including phenoxy) is 1. The molecule has 0 aromatic heterocycles. The summed E-state index contributed by atoms with van der Waals surface area (Å²) in [6, 6.07) is 19.9. The molecular formula is C28H25F3N4O2. The SMILES string of the molecule is N#Cc1ccc(NC(=O)Nc2ccc(OC(F)(F)F)cc2)c(N2CC3(CCCCC3)c3ccccc32)c1. The van der Waals surface area contributed by atoms with Crippen LogP contribution >= 0.6 is 0 Å². The lowest BCUT2D eigenvalue weighted by Gasteiger charge is -2.34. The maximum absolute atomic E-state index is 12.8. The quantitative estimate of drug-likeness (QED) is 0.385. The molecule has 0 bridgehead atoms. The molecule has 1 spiro atoms. The maximum Gasteiger partial charge on any atom is 0.573 e. The van der Waals surface area contributed by atoms with Crippen molar-refractivity contribution in [1.82, 2.24) is 0 Å². The molecule has 0 unspecified atom stereocenters. The van der Waals surface area contributed by atoms with Crippen LogP contribution in [0.1, 0.15) is 43.2 Å². The van der Waals surface area contributed by atoms with Crippen LogP contribution in [-0.4, -0.2) is 18.9 Å². The number of hydrogen-bond donors (Lipinski definition) is 2. The van der Waals surface area contributed by atoms with Gasteiger partial charge in [-0.15, -0.1) is 13.2 Å². The Bertz CT molecular complexity index is 1340. The van der Waals surface area contributed by atoms with E-state index in [9.17, 15) is 23.2 Å². The number of nitrogens with zero attached hydrogens (tertiary/aromatic N) is 2. The van der Waals surface area contributed by atoms with Crippen LogP contribution in [0.25, 0.3) is 0 Å². The molecule has 2 amide bonds. The van der Waals surface area contributed by atoms with Gasteiger partial charge in [0.2, 0.25) is 0 Å². The number of para-hydroxylation sites is 1. The topological polar surface area (TPSA) is 77.4 Å². The van der Waals surface area contributed by atoms with E-state index < -0.39 is 12.4 Å². The van der Waals surface area contributed by atoms with Gasteiger partial charge < -0.3 is 20.3 Å². The fraction of sp³-hybridized carbons (Fsp3) is 0.286. The minimum Gasteiger partial charge on any atom is -0.406 e. The average molecular weight is 507 g/mol. The van der Waals surface area contributed by atoms with Crippen molar-refractivity contribution in [2.24, 2.45) is 0 Å². The van der Waals surface area contributed by atoms with Crippen LogP contribution in [0.5, 0.6) is 5.75 Å². The summed E-state index contributed by atoms with van der Waals surface area (Å²) in [6.45, 7) is 0.762. The minimum atomic E-state index is -4.79. The number of anilines is 4. The molecule has 190 valence electrons. The lowest BCUT2D eigenvalue weighted by molar-refractivity contribution is -0.274. The summed E-state index contributed by atoms with van der Waals surface area (Å²) in [5, 5.41) is 15.0. The van der Waals surface area contributed by atoms with E-state index in [0.717, 1.165) is 42.9 Å². The Hall–Kier alpha value is -4.19. The van der Waals surface area contributed by atoms with Gasteiger partial charge in [0, 0.05) is 23.3 Å². The second-order valence-electron chi connectivity index (χ2n) is 9.44. The number of rotatable bonds is 4. The second-order valence-corrected chi connectivity index (χ2v) is 9.44. The number of urea groups is 1. The van der Waals surface area contributed by atoms with E-state index in [1.54, 1.807) is 18.2 Å². The molecule has 37 heavy (non-hydrogen) atoms. The first-order chi connectivity index (χ1) is 17.8. The molecule has 0 atom stereocenters. The zero-order chi connectivity index (χ0) is 26.0. The highest BCUT2D eigenvalue weighted by Gasteiger charge is 2.44. The fourth-order valence-electron chi connectivity index (χ4n) is 5.46. The average Bonchev–Trinajstić information content (AvgIpc) is 3.18. The van der Waals surface area contributed by atoms with Crippen LogP contribution in [-0.2, 0) is 5.41 Å². The van der Waals surface area contributed by atoms with E-state index in [1.165, 1.54) is 37.0 Å². The van der Waals surface area contributed by atoms with E-state index in [1.807, 2.05) is 6.07 Å². The third-order valence-corrected chi connectivity index (χ3v) is 7.05. The standard InChI is InChI=1S/C28H25F3N4O2/c29-28(30,31)37-21-11-9-20(10-12-21)33-26(36)34-23-13-8-19(17-32)16-25(23)35-18-27(14-4-1-5-15-27)22-6-2-3-7-24(22)35/h2-3,6-13,16H,1,4-5,14-15,18H2,(H2,33,34,36). The number of carbonyl (C=O) groups is 1. The smallest absolute Gasteiger partial charge is 0.406 e. The largest absolute Gasteiger partial charge is 0.573 e. The monoisotopic (exact) mass is 506 g/mol. The minimum absolute atomic E-state index is 0.0389. The molecule has 0 radical (unpaired) electrons. The first-order valence-electron chi connectivity index (χ1n) is 12.1. The fourth-order valence-corrected chi connectivity index (χ4v) is 5.46. The van der Waals surface area contributed by atoms with Crippen molar-refractivity contribution >= 4 is 28.8 Å². The molecule has 1 saturated carbocycles. The number of nitriles is 1. The van der Waals surface area contributed by atoms with Gasteiger partial charge in [0.1, 0.15) is 5.75 Å². The summed E-state index contributed by atoms with van der Waals surface area (Å²) in [6.07, 6.45) is 0.958. The van der Waals surface area contributed by atoms with Crippen molar-refractivity contribution in [3.63, 3.8) is 0 Å². The number of benzene rings is 3. The van der Waals surface area contributed by atoms with Crippen LogP contribution in [0.2, 0.25) is 0 Å². The highest BCUT2D eigenvalue weighted by atomic mass is 19.4. The van der Waals surface area contributed by atoms with Crippen LogP contribution in [0.4, 0.5) is 40.7 Å². The Morgan fingerprint density at radius 1 is 0.946 bits per heavy atom. The first-order valence-corrected chi connectivity index (χ1v) is 12.1. The number of halogens is 3. The maximum atomic E-state index is 12.8. The van der Waals surface area contributed by atoms with Crippen LogP contribution in [0.3, 0.4) is 0 Å². The number of amides is 2. The highest BCUT2D eigenvalue weighted by Crippen LogP contribution is 2.52. The Morgan fingerprint density at radius 3 is 2.38 bits per heavy atom. The molecule has 6 nitrogen and oxygen atoms in total. The van der Waals surface area contributed by atoms with Gasteiger partial charge in [0.05, 0.1) is 23.0 Å². The number of hydrogen-bond acceptors (Lipinski definition) is 4. The lowest BCUT2D eigenvalue weighted by Crippen LogP contribution is -2.34. The van der Waals surface area contributed by atoms with E-state index in [2.05, 4.69) is 44.5 Å². The summed E-state index contributed by atoms with van der Waals surface area (Å²) in [4.78, 5) is 15.0. The van der Waals surface area contributed by atoms with Gasteiger partial charge in [-0.05, 0) is 66.9 Å². The summed E-state index contributed by atoms with van der Waals surface area (Å²) in [5.41, 5.74) is 4.43. The third kappa shape index (κ3) is 5.19. The van der Waals surface area contributed by atoms with E-state index in [0.29, 0.717) is 16.9 Å². The normalized spacial score (nSPS) is 16.1. The van der Waals surface area contributed by atoms with Crippen molar-refractivity contribution in [2.75, 3.05) is 22.1 Å². The van der Waals surface area contributed by atoms with Gasteiger partial charge in [-0.2, -0.15) is 5.26 Å². The third-order valence-electron chi connectivity index (χ3n) is 7.05. The van der Waals surface area contributed by atoms with E-state index >= 15 is 0 Å². The van der Waals surface area contributed by atoms with Crippen molar-refractivity contribution in [3.05, 3.63) is 77.9 Å². The Kier molecular flexibility index (Phi) is 6.42. The molecule has 1 aliphatic carbocycles. The lowest BCUT2D eigenvalue weighted by atomic mass is 9.71. The van der Waals surface area contributed by atoms with Gasteiger partial charge in [-0.3, -0.25) is 0 Å². The van der Waals surface area contributed by atoms with Gasteiger partial charge >= 0.3 is 12.4 Å². The van der Waals surface area contributed by atoms with Crippen LogP contribution < -0.4 is 20.3 Å². The first kappa shape index (κ1) is 24.5. The molecule has 1 heterocycles. The van der Waals surface area contributed by atoms with Crippen molar-refractivity contribution < 1.29 is 22.7 Å². The molecule has 9 heteroatoms. The molecular weight excluding hydrogens is 481 g/mol. The van der Waals surface area contributed by atoms with Crippen LogP contribution in [0.15, 0.2) is 66.7 Å². The van der Waals surface area contributed by atoms with E-state index in [-0.39, 0.29) is 11.2 Å². The number of carbonyl (C=O) groups excluding carboxylic acids is 1. The van der Waals surface area contributed by atoms with Crippen molar-refractivity contribution in [2.45, 2.75) is 43.9 Å². The number of alkyl halides is 3. The van der Waals surface area contributed by atoms with Crippen molar-refractivity contribution in [1.29, 1.82) is 5.26 Å². The zero-order valence-electron chi connectivity index (χ0n) is 19.9. The predicted molar refractivity (Wildman–Crippen MR) is 135 cm³/mol. The molecule has 3 aromatic carbocycles. The molecule has 3 aromatic rings. The zero-order valence-corrected chi connectivity index (χ0v) is 19.9. The summed E-state index contributed by atoms with van der Waals surface area (Å²) < 4.78 is 41.1. The second kappa shape index (κ2) is 9.69. The van der Waals surface area contributed by atoms with Crippen LogP contribution in [0, 0.1) is 11.3 Å². The van der Waals surface area contributed by atoms with Gasteiger partial charge in [-0.25, -0.2) is 4.79 Å². The molecule has 1 aliphatic heterocycles. The van der Waals surface area contributed by atoms with Gasteiger partial charge in [0.15, 0.2) is 0 Å². The Balaban J connectivity index is 1.40. The predicted octanol–water partition coefficient (Wildman–Crippen LogP) is 7.45. The highest BCUT2D eigenvalue weighted by molar-refractivity contribution is 6.02. The Labute approximate surface area is 212 Å². The number of nitrogens with one attached hydrogen (secondary N) is 2. The summed E-state index contributed by atoms with van der Waals surface area (Å²) in [5.74, 6) is -0.378. The van der Waals surface area contributed by atoms with Crippen molar-refractivity contribution in [3.8, 4) is 11.8 Å². The summed E-state index contributed by atoms with van der Waals surface area (Å²) >= 11 is 0. The number of fused-ring (bicyclic) bond motifs is 2. The molecule has 5 rings (SSSR count). The Morgan fingerprint density at radius 2 is 1.68 bits per heavy atom. The molecule has 2 aliphatic rings. The van der Waals surface area contributed by atoms with E-state index in [4.69, 9.17) is 0 Å². The summed E-state index contributed by atoms with van der Waals surface area (Å²) in [7, 11) is 0. The van der Waals surface area contributed by atoms with Gasteiger partial charge in [0.25, 0.3) is 0 Å².